The molecule has 1 heteroatoms. The predicted octanol–water partition coefficient (Wildman–Crippen LogP) is 2.35. The maximum Gasteiger partial charge on any atom is 0.104 e. The number of rotatable bonds is 2. The summed E-state index contributed by atoms with van der Waals surface area (Å²) < 4.78 is 5.29. The van der Waals surface area contributed by atoms with E-state index in [4.69, 9.17) is 4.42 Å². The maximum absolute atomic E-state index is 5.29. The highest BCUT2D eigenvalue weighted by molar-refractivity contribution is 5.06. The van der Waals surface area contributed by atoms with Gasteiger partial charge in [0, 0.05) is 6.42 Å². The van der Waals surface area contributed by atoms with Crippen molar-refractivity contribution in [3.05, 3.63) is 30.1 Å². The molecular formula is C8H11O. The molecule has 1 radical (unpaired) electrons. The molecule has 0 spiro atoms. The van der Waals surface area contributed by atoms with Crippen LogP contribution in [0.25, 0.3) is 0 Å². The van der Waals surface area contributed by atoms with Crippen LogP contribution in [0.2, 0.25) is 0 Å². The molecule has 9 heavy (non-hydrogen) atoms. The lowest BCUT2D eigenvalue weighted by molar-refractivity contribution is 0.491. The number of furan rings is 1. The first-order valence-corrected chi connectivity index (χ1v) is 3.16. The monoisotopic (exact) mass is 123 g/mol. The van der Waals surface area contributed by atoms with Crippen molar-refractivity contribution < 1.29 is 4.42 Å². The molecule has 0 amide bonds. The van der Waals surface area contributed by atoms with Gasteiger partial charge in [-0.15, -0.1) is 0 Å². The lowest BCUT2D eigenvalue weighted by Gasteiger charge is -1.87. The fraction of sp³-hybridized carbons (Fsp3) is 0.375. The zero-order chi connectivity index (χ0) is 6.69. The van der Waals surface area contributed by atoms with Crippen LogP contribution in [-0.4, -0.2) is 0 Å². The van der Waals surface area contributed by atoms with Crippen molar-refractivity contribution in [3.63, 3.8) is 0 Å². The minimum Gasteiger partial charge on any atom is -0.466 e. The largest absolute Gasteiger partial charge is 0.466 e. The van der Waals surface area contributed by atoms with Crippen molar-refractivity contribution >= 4 is 0 Å². The van der Waals surface area contributed by atoms with E-state index in [-0.39, 0.29) is 0 Å². The molecule has 0 aliphatic rings. The lowest BCUT2D eigenvalue weighted by atomic mass is 10.3. The molecule has 0 N–H and O–H groups in total. The van der Waals surface area contributed by atoms with Crippen LogP contribution in [0.1, 0.15) is 18.4 Å². The van der Waals surface area contributed by atoms with Crippen molar-refractivity contribution in [2.24, 2.45) is 0 Å². The predicted molar refractivity (Wildman–Crippen MR) is 37.1 cm³/mol. The van der Waals surface area contributed by atoms with E-state index in [1.807, 2.05) is 26.0 Å². The Morgan fingerprint density at radius 2 is 2.33 bits per heavy atom. The van der Waals surface area contributed by atoms with E-state index in [9.17, 15) is 0 Å². The molecule has 1 heterocycles. The van der Waals surface area contributed by atoms with E-state index in [2.05, 4.69) is 6.42 Å². The molecule has 0 aliphatic carbocycles. The highest BCUT2D eigenvalue weighted by Crippen LogP contribution is 2.07. The summed E-state index contributed by atoms with van der Waals surface area (Å²) in [5.41, 5.74) is 0. The molecular weight excluding hydrogens is 112 g/mol. The van der Waals surface area contributed by atoms with Gasteiger partial charge in [0.25, 0.3) is 0 Å². The average molecular weight is 123 g/mol. The fourth-order valence-electron chi connectivity index (χ4n) is 0.796. The van der Waals surface area contributed by atoms with E-state index in [1.54, 1.807) is 0 Å². The molecule has 0 aromatic carbocycles. The second-order valence-electron chi connectivity index (χ2n) is 2.12. The third kappa shape index (κ3) is 1.60. The first-order chi connectivity index (χ1) is 4.33. The molecule has 0 bridgehead atoms. The second-order valence-corrected chi connectivity index (χ2v) is 2.12. The Morgan fingerprint density at radius 1 is 1.56 bits per heavy atom. The van der Waals surface area contributed by atoms with Crippen LogP contribution < -0.4 is 0 Å². The van der Waals surface area contributed by atoms with Crippen molar-refractivity contribution in [2.75, 3.05) is 0 Å². The van der Waals surface area contributed by atoms with Crippen LogP contribution in [0.3, 0.4) is 0 Å². The van der Waals surface area contributed by atoms with Gasteiger partial charge < -0.3 is 4.42 Å². The summed E-state index contributed by atoms with van der Waals surface area (Å²) in [5.74, 6) is 2.04. The Kier molecular flexibility index (Phi) is 1.93. The van der Waals surface area contributed by atoms with Crippen LogP contribution in [0.4, 0.5) is 0 Å². The minimum atomic E-state index is 0.938. The SMILES string of the molecule is C[CH]Cc1ccc(C)o1. The quantitative estimate of drug-likeness (QED) is 0.588. The Bertz CT molecular complexity index is 176. The molecule has 0 fully saturated rings. The molecule has 0 aliphatic heterocycles. The van der Waals surface area contributed by atoms with Crippen molar-refractivity contribution in [2.45, 2.75) is 20.3 Å². The first kappa shape index (κ1) is 6.40. The van der Waals surface area contributed by atoms with Crippen molar-refractivity contribution in [1.82, 2.24) is 0 Å². The van der Waals surface area contributed by atoms with E-state index in [1.165, 1.54) is 0 Å². The number of hydrogen-bond donors (Lipinski definition) is 0. The number of hydrogen-bond acceptors (Lipinski definition) is 1. The molecule has 0 unspecified atom stereocenters. The molecule has 49 valence electrons. The summed E-state index contributed by atoms with van der Waals surface area (Å²) in [4.78, 5) is 0. The molecule has 1 aromatic heterocycles. The van der Waals surface area contributed by atoms with Gasteiger partial charge in [0.2, 0.25) is 0 Å². The Labute approximate surface area is 55.7 Å². The smallest absolute Gasteiger partial charge is 0.104 e. The third-order valence-electron chi connectivity index (χ3n) is 1.20. The van der Waals surface area contributed by atoms with E-state index in [0.29, 0.717) is 0 Å². The zero-order valence-electron chi connectivity index (χ0n) is 5.85. The lowest BCUT2D eigenvalue weighted by Crippen LogP contribution is -1.75. The number of aryl methyl sites for hydroxylation is 1. The highest BCUT2D eigenvalue weighted by Gasteiger charge is 1.94. The standard InChI is InChI=1S/C8H11O/c1-3-4-8-6-5-7(2)9-8/h3,5-6H,4H2,1-2H3. The Balaban J connectivity index is 2.61. The topological polar surface area (TPSA) is 13.1 Å². The van der Waals surface area contributed by atoms with Crippen LogP contribution in [0.5, 0.6) is 0 Å². The third-order valence-corrected chi connectivity index (χ3v) is 1.20. The van der Waals surface area contributed by atoms with Gasteiger partial charge in [0.05, 0.1) is 0 Å². The summed E-state index contributed by atoms with van der Waals surface area (Å²) in [6.45, 7) is 3.98. The van der Waals surface area contributed by atoms with E-state index >= 15 is 0 Å². The van der Waals surface area contributed by atoms with Gasteiger partial charge in [-0.25, -0.2) is 0 Å². The van der Waals surface area contributed by atoms with Crippen molar-refractivity contribution in [3.8, 4) is 0 Å². The molecule has 1 nitrogen and oxygen atoms in total. The minimum absolute atomic E-state index is 0.938. The Hall–Kier alpha value is -0.720. The summed E-state index contributed by atoms with van der Waals surface area (Å²) in [5, 5.41) is 0. The summed E-state index contributed by atoms with van der Waals surface area (Å²) >= 11 is 0. The summed E-state index contributed by atoms with van der Waals surface area (Å²) in [7, 11) is 0. The first-order valence-electron chi connectivity index (χ1n) is 3.16. The van der Waals surface area contributed by atoms with Gasteiger partial charge in [-0.05, 0) is 25.5 Å². The van der Waals surface area contributed by atoms with Crippen LogP contribution >= 0.6 is 0 Å². The summed E-state index contributed by atoms with van der Waals surface area (Å²) in [6.07, 6.45) is 3.02. The average Bonchev–Trinajstić information content (AvgIpc) is 2.17. The Morgan fingerprint density at radius 3 is 2.78 bits per heavy atom. The second kappa shape index (κ2) is 2.72. The van der Waals surface area contributed by atoms with Gasteiger partial charge >= 0.3 is 0 Å². The van der Waals surface area contributed by atoms with E-state index in [0.717, 1.165) is 17.9 Å². The molecule has 1 aromatic rings. The van der Waals surface area contributed by atoms with Gasteiger partial charge in [-0.2, -0.15) is 0 Å². The molecule has 0 saturated carbocycles. The normalized spacial score (nSPS) is 10.0. The highest BCUT2D eigenvalue weighted by atomic mass is 16.3. The molecule has 1 rings (SSSR count). The zero-order valence-corrected chi connectivity index (χ0v) is 5.85. The molecule has 0 saturated heterocycles. The van der Waals surface area contributed by atoms with Gasteiger partial charge in [-0.1, -0.05) is 6.92 Å². The maximum atomic E-state index is 5.29. The van der Waals surface area contributed by atoms with Crippen LogP contribution in [0.15, 0.2) is 16.5 Å². The fourth-order valence-corrected chi connectivity index (χ4v) is 0.796. The molecule has 0 atom stereocenters. The summed E-state index contributed by atoms with van der Waals surface area (Å²) in [6, 6.07) is 3.99. The van der Waals surface area contributed by atoms with Gasteiger partial charge in [0.15, 0.2) is 0 Å². The van der Waals surface area contributed by atoms with Gasteiger partial charge in [-0.3, -0.25) is 0 Å². The van der Waals surface area contributed by atoms with E-state index < -0.39 is 0 Å². The van der Waals surface area contributed by atoms with Crippen LogP contribution in [0, 0.1) is 13.3 Å². The van der Waals surface area contributed by atoms with Gasteiger partial charge in [0.1, 0.15) is 11.5 Å². The van der Waals surface area contributed by atoms with Crippen molar-refractivity contribution in [1.29, 1.82) is 0 Å². The van der Waals surface area contributed by atoms with Crippen LogP contribution in [-0.2, 0) is 6.42 Å².